The van der Waals surface area contributed by atoms with Crippen LogP contribution in [0.4, 0.5) is 0 Å². The molecule has 0 saturated heterocycles. The number of cyclic esters (lactones) is 1. The molecule has 0 fully saturated rings. The van der Waals surface area contributed by atoms with Gasteiger partial charge >= 0.3 is 5.97 Å². The molecule has 0 unspecified atom stereocenters. The SMILES string of the molecule is CS(=O)(=O)c1ccc(C2=CC(=O)OC2)cc1. The minimum Gasteiger partial charge on any atom is -0.458 e. The van der Waals surface area contributed by atoms with E-state index in [2.05, 4.69) is 0 Å². The van der Waals surface area contributed by atoms with Crippen LogP contribution in [0, 0.1) is 0 Å². The smallest absolute Gasteiger partial charge is 0.331 e. The monoisotopic (exact) mass is 238 g/mol. The van der Waals surface area contributed by atoms with Gasteiger partial charge in [0, 0.05) is 17.9 Å². The summed E-state index contributed by atoms with van der Waals surface area (Å²) in [5, 5.41) is 0. The van der Waals surface area contributed by atoms with Crippen molar-refractivity contribution in [1.82, 2.24) is 0 Å². The van der Waals surface area contributed by atoms with Crippen LogP contribution in [0.25, 0.3) is 5.57 Å². The van der Waals surface area contributed by atoms with Gasteiger partial charge in [-0.1, -0.05) is 12.1 Å². The molecule has 1 aromatic rings. The van der Waals surface area contributed by atoms with Gasteiger partial charge in [0.2, 0.25) is 0 Å². The minimum absolute atomic E-state index is 0.247. The number of sulfone groups is 1. The van der Waals surface area contributed by atoms with Crippen molar-refractivity contribution in [3.05, 3.63) is 35.9 Å². The van der Waals surface area contributed by atoms with Gasteiger partial charge in [-0.2, -0.15) is 0 Å². The van der Waals surface area contributed by atoms with Crippen LogP contribution >= 0.6 is 0 Å². The Morgan fingerprint density at radius 1 is 1.19 bits per heavy atom. The number of ether oxygens (including phenoxy) is 1. The fourth-order valence-electron chi connectivity index (χ4n) is 1.46. The van der Waals surface area contributed by atoms with E-state index in [-0.39, 0.29) is 17.5 Å². The Labute approximate surface area is 93.5 Å². The largest absolute Gasteiger partial charge is 0.458 e. The number of carbonyl (C=O) groups excluding carboxylic acids is 1. The quantitative estimate of drug-likeness (QED) is 0.722. The second kappa shape index (κ2) is 3.75. The van der Waals surface area contributed by atoms with Crippen LogP contribution in [0.5, 0.6) is 0 Å². The molecule has 0 N–H and O–H groups in total. The van der Waals surface area contributed by atoms with Gasteiger partial charge in [0.15, 0.2) is 9.84 Å². The van der Waals surface area contributed by atoms with Gasteiger partial charge in [-0.05, 0) is 17.7 Å². The number of esters is 1. The summed E-state index contributed by atoms with van der Waals surface area (Å²) in [5.41, 5.74) is 1.57. The number of hydrogen-bond acceptors (Lipinski definition) is 4. The van der Waals surface area contributed by atoms with E-state index >= 15 is 0 Å². The van der Waals surface area contributed by atoms with E-state index in [4.69, 9.17) is 4.74 Å². The van der Waals surface area contributed by atoms with Crippen molar-refractivity contribution >= 4 is 21.4 Å². The highest BCUT2D eigenvalue weighted by Gasteiger charge is 2.15. The molecule has 5 heteroatoms. The maximum Gasteiger partial charge on any atom is 0.331 e. The Hall–Kier alpha value is -1.62. The number of benzene rings is 1. The Morgan fingerprint density at radius 2 is 1.81 bits per heavy atom. The highest BCUT2D eigenvalue weighted by Crippen LogP contribution is 2.21. The molecule has 84 valence electrons. The molecule has 0 saturated carbocycles. The van der Waals surface area contributed by atoms with Crippen molar-refractivity contribution in [2.24, 2.45) is 0 Å². The molecule has 4 nitrogen and oxygen atoms in total. The first-order valence-corrected chi connectivity index (χ1v) is 6.54. The first kappa shape index (κ1) is 10.9. The Kier molecular flexibility index (Phi) is 2.55. The van der Waals surface area contributed by atoms with Crippen LogP contribution in [-0.4, -0.2) is 27.2 Å². The van der Waals surface area contributed by atoms with Crippen molar-refractivity contribution in [1.29, 1.82) is 0 Å². The van der Waals surface area contributed by atoms with Gasteiger partial charge in [-0.3, -0.25) is 0 Å². The summed E-state index contributed by atoms with van der Waals surface area (Å²) in [5.74, 6) is -0.359. The summed E-state index contributed by atoms with van der Waals surface area (Å²) < 4.78 is 27.2. The van der Waals surface area contributed by atoms with E-state index in [1.165, 1.54) is 18.2 Å². The Morgan fingerprint density at radius 3 is 2.25 bits per heavy atom. The normalized spacial score (nSPS) is 15.8. The molecule has 0 aromatic heterocycles. The average Bonchev–Trinajstić information content (AvgIpc) is 2.64. The molecule has 2 rings (SSSR count). The lowest BCUT2D eigenvalue weighted by Gasteiger charge is -2.02. The molecule has 16 heavy (non-hydrogen) atoms. The third kappa shape index (κ3) is 2.14. The highest BCUT2D eigenvalue weighted by molar-refractivity contribution is 7.90. The van der Waals surface area contributed by atoms with Crippen LogP contribution in [0.2, 0.25) is 0 Å². The number of carbonyl (C=O) groups is 1. The van der Waals surface area contributed by atoms with Crippen LogP contribution in [-0.2, 0) is 19.4 Å². The zero-order valence-electron chi connectivity index (χ0n) is 8.64. The zero-order valence-corrected chi connectivity index (χ0v) is 9.45. The molecule has 0 aliphatic carbocycles. The van der Waals surface area contributed by atoms with E-state index in [9.17, 15) is 13.2 Å². The van der Waals surface area contributed by atoms with Crippen LogP contribution in [0.3, 0.4) is 0 Å². The zero-order chi connectivity index (χ0) is 11.8. The lowest BCUT2D eigenvalue weighted by Crippen LogP contribution is -1.97. The van der Waals surface area contributed by atoms with E-state index in [1.807, 2.05) is 0 Å². The molecule has 0 bridgehead atoms. The summed E-state index contributed by atoms with van der Waals surface area (Å²) in [6.45, 7) is 0.247. The molecular formula is C11H10O4S. The molecule has 1 aromatic carbocycles. The van der Waals surface area contributed by atoms with Crippen LogP contribution in [0.1, 0.15) is 5.56 Å². The topological polar surface area (TPSA) is 60.4 Å². The van der Waals surface area contributed by atoms with Crippen molar-refractivity contribution < 1.29 is 17.9 Å². The first-order chi connectivity index (χ1) is 7.47. The van der Waals surface area contributed by atoms with E-state index < -0.39 is 9.84 Å². The summed E-state index contributed by atoms with van der Waals surface area (Å²) in [7, 11) is -3.17. The summed E-state index contributed by atoms with van der Waals surface area (Å²) in [6, 6.07) is 6.39. The predicted octanol–water partition coefficient (Wildman–Crippen LogP) is 1.03. The van der Waals surface area contributed by atoms with Gasteiger partial charge < -0.3 is 4.74 Å². The molecule has 0 atom stereocenters. The maximum atomic E-state index is 11.2. The predicted molar refractivity (Wildman–Crippen MR) is 58.5 cm³/mol. The van der Waals surface area contributed by atoms with Crippen molar-refractivity contribution in [2.45, 2.75) is 4.90 Å². The minimum atomic E-state index is -3.17. The summed E-state index contributed by atoms with van der Waals surface area (Å²) >= 11 is 0. The van der Waals surface area contributed by atoms with E-state index in [0.717, 1.165) is 17.4 Å². The molecular weight excluding hydrogens is 228 g/mol. The Balaban J connectivity index is 2.34. The average molecular weight is 238 g/mol. The second-order valence-corrected chi connectivity index (χ2v) is 5.59. The fraction of sp³-hybridized carbons (Fsp3) is 0.182. The third-order valence-electron chi connectivity index (χ3n) is 2.32. The maximum absolute atomic E-state index is 11.2. The van der Waals surface area contributed by atoms with Crippen LogP contribution < -0.4 is 0 Å². The van der Waals surface area contributed by atoms with Gasteiger partial charge in [0.25, 0.3) is 0 Å². The Bertz CT molecular complexity index is 552. The highest BCUT2D eigenvalue weighted by atomic mass is 32.2. The van der Waals surface area contributed by atoms with Gasteiger partial charge in [-0.15, -0.1) is 0 Å². The summed E-state index contributed by atoms with van der Waals surface area (Å²) in [6.07, 6.45) is 2.57. The van der Waals surface area contributed by atoms with E-state index in [0.29, 0.717) is 0 Å². The van der Waals surface area contributed by atoms with Gasteiger partial charge in [0.1, 0.15) is 6.61 Å². The number of rotatable bonds is 2. The van der Waals surface area contributed by atoms with Crippen molar-refractivity contribution in [2.75, 3.05) is 12.9 Å². The number of hydrogen-bond donors (Lipinski definition) is 0. The second-order valence-electron chi connectivity index (χ2n) is 3.57. The fourth-order valence-corrected chi connectivity index (χ4v) is 2.09. The third-order valence-corrected chi connectivity index (χ3v) is 3.44. The molecule has 1 aliphatic heterocycles. The lowest BCUT2D eigenvalue weighted by molar-refractivity contribution is -0.134. The van der Waals surface area contributed by atoms with Crippen molar-refractivity contribution in [3.63, 3.8) is 0 Å². The lowest BCUT2D eigenvalue weighted by atomic mass is 10.1. The standard InChI is InChI=1S/C11H10O4S/c1-16(13,14)10-4-2-8(3-5-10)9-6-11(12)15-7-9/h2-6H,7H2,1H3. The van der Waals surface area contributed by atoms with E-state index in [1.54, 1.807) is 12.1 Å². The van der Waals surface area contributed by atoms with Gasteiger partial charge in [-0.25, -0.2) is 13.2 Å². The van der Waals surface area contributed by atoms with Gasteiger partial charge in [0.05, 0.1) is 4.90 Å². The summed E-state index contributed by atoms with van der Waals surface area (Å²) in [4.78, 5) is 11.1. The first-order valence-electron chi connectivity index (χ1n) is 4.64. The molecule has 0 amide bonds. The molecule has 0 radical (unpaired) electrons. The molecule has 0 spiro atoms. The molecule has 1 aliphatic rings. The molecule has 1 heterocycles. The van der Waals surface area contributed by atoms with Crippen molar-refractivity contribution in [3.8, 4) is 0 Å². The van der Waals surface area contributed by atoms with Crippen LogP contribution in [0.15, 0.2) is 35.2 Å².